The van der Waals surface area contributed by atoms with E-state index in [0.29, 0.717) is 6.04 Å². The van der Waals surface area contributed by atoms with Crippen LogP contribution in [0.5, 0.6) is 0 Å². The van der Waals surface area contributed by atoms with Gasteiger partial charge < -0.3 is 15.5 Å². The molecule has 0 spiro atoms. The lowest BCUT2D eigenvalue weighted by molar-refractivity contribution is -0.123. The average molecular weight is 241 g/mol. The second kappa shape index (κ2) is 6.97. The normalized spacial score (nSPS) is 20.5. The summed E-state index contributed by atoms with van der Waals surface area (Å²) in [5, 5.41) is 6.37. The number of carbonyl (C=O) groups is 1. The van der Waals surface area contributed by atoms with Crippen LogP contribution in [0.2, 0.25) is 0 Å². The van der Waals surface area contributed by atoms with Gasteiger partial charge in [0.05, 0.1) is 6.04 Å². The zero-order chi connectivity index (χ0) is 12.8. The van der Waals surface area contributed by atoms with Crippen LogP contribution in [-0.2, 0) is 4.79 Å². The molecule has 1 aliphatic rings. The summed E-state index contributed by atoms with van der Waals surface area (Å²) in [6.45, 7) is 11.6. The predicted octanol–water partition coefficient (Wildman–Crippen LogP) is 0.973. The molecule has 1 heterocycles. The highest BCUT2D eigenvalue weighted by molar-refractivity contribution is 5.81. The number of nitrogens with one attached hydrogen (secondary N) is 2. The molecule has 0 bridgehead atoms. The van der Waals surface area contributed by atoms with Crippen molar-refractivity contribution in [2.24, 2.45) is 0 Å². The van der Waals surface area contributed by atoms with Crippen molar-refractivity contribution in [3.8, 4) is 0 Å². The summed E-state index contributed by atoms with van der Waals surface area (Å²) < 4.78 is 0. The number of hydrogen-bond acceptors (Lipinski definition) is 3. The summed E-state index contributed by atoms with van der Waals surface area (Å²) in [6.07, 6.45) is 2.29. The largest absolute Gasteiger partial charge is 0.353 e. The maximum atomic E-state index is 11.8. The van der Waals surface area contributed by atoms with Crippen molar-refractivity contribution in [3.05, 3.63) is 0 Å². The van der Waals surface area contributed by atoms with Gasteiger partial charge in [-0.1, -0.05) is 6.92 Å². The molecule has 4 nitrogen and oxygen atoms in total. The Kier molecular flexibility index (Phi) is 5.92. The number of hydrogen-bond donors (Lipinski definition) is 2. The van der Waals surface area contributed by atoms with Crippen LogP contribution >= 0.6 is 0 Å². The van der Waals surface area contributed by atoms with Crippen molar-refractivity contribution in [2.45, 2.75) is 58.7 Å². The minimum absolute atomic E-state index is 0.0874. The predicted molar refractivity (Wildman–Crippen MR) is 71.0 cm³/mol. The Labute approximate surface area is 105 Å². The van der Waals surface area contributed by atoms with Crippen LogP contribution in [0.3, 0.4) is 0 Å². The highest BCUT2D eigenvalue weighted by Gasteiger charge is 2.22. The second-order valence-corrected chi connectivity index (χ2v) is 5.26. The quantitative estimate of drug-likeness (QED) is 0.754. The fourth-order valence-electron chi connectivity index (χ4n) is 2.25. The van der Waals surface area contributed by atoms with Crippen molar-refractivity contribution < 1.29 is 4.79 Å². The first-order chi connectivity index (χ1) is 8.02. The van der Waals surface area contributed by atoms with E-state index < -0.39 is 0 Å². The molecule has 1 fully saturated rings. The third-order valence-corrected chi connectivity index (χ3v) is 3.34. The smallest absolute Gasteiger partial charge is 0.237 e. The maximum Gasteiger partial charge on any atom is 0.237 e. The Morgan fingerprint density at radius 2 is 1.88 bits per heavy atom. The average Bonchev–Trinajstić information content (AvgIpc) is 2.29. The molecule has 0 saturated carbocycles. The summed E-state index contributed by atoms with van der Waals surface area (Å²) in [5.74, 6) is 0.109. The molecule has 100 valence electrons. The van der Waals surface area contributed by atoms with Crippen molar-refractivity contribution in [3.63, 3.8) is 0 Å². The molecular weight excluding hydrogens is 214 g/mol. The third kappa shape index (κ3) is 5.04. The monoisotopic (exact) mass is 241 g/mol. The van der Waals surface area contributed by atoms with Gasteiger partial charge in [-0.25, -0.2) is 0 Å². The van der Waals surface area contributed by atoms with Crippen LogP contribution in [0, 0.1) is 0 Å². The van der Waals surface area contributed by atoms with E-state index in [1.807, 2.05) is 20.8 Å². The summed E-state index contributed by atoms with van der Waals surface area (Å²) in [4.78, 5) is 14.2. The van der Waals surface area contributed by atoms with Crippen molar-refractivity contribution in [2.75, 3.05) is 19.6 Å². The summed E-state index contributed by atoms with van der Waals surface area (Å²) in [7, 11) is 0. The van der Waals surface area contributed by atoms with Crippen LogP contribution in [-0.4, -0.2) is 48.6 Å². The minimum atomic E-state index is -0.0874. The van der Waals surface area contributed by atoms with Gasteiger partial charge in [-0.15, -0.1) is 0 Å². The Morgan fingerprint density at radius 3 is 2.35 bits per heavy atom. The first kappa shape index (κ1) is 14.5. The van der Waals surface area contributed by atoms with Crippen LogP contribution in [0.1, 0.15) is 40.5 Å². The number of piperidine rings is 1. The molecule has 1 amide bonds. The van der Waals surface area contributed by atoms with Gasteiger partial charge in [-0.2, -0.15) is 0 Å². The number of nitrogens with zero attached hydrogens (tertiary/aromatic N) is 1. The zero-order valence-corrected chi connectivity index (χ0v) is 11.6. The molecule has 1 aliphatic heterocycles. The SMILES string of the molecule is CCN1CCC(NC(C)C(=O)NC(C)C)CC1. The molecule has 1 rings (SSSR count). The van der Waals surface area contributed by atoms with E-state index in [2.05, 4.69) is 22.5 Å². The first-order valence-corrected chi connectivity index (χ1v) is 6.81. The van der Waals surface area contributed by atoms with Gasteiger partial charge in [0.1, 0.15) is 0 Å². The Bertz CT molecular complexity index is 235. The van der Waals surface area contributed by atoms with Crippen molar-refractivity contribution >= 4 is 5.91 Å². The molecule has 0 aromatic heterocycles. The molecule has 0 aliphatic carbocycles. The zero-order valence-electron chi connectivity index (χ0n) is 11.6. The molecule has 0 aromatic carbocycles. The molecule has 2 N–H and O–H groups in total. The van der Waals surface area contributed by atoms with Gasteiger partial charge in [0, 0.05) is 12.1 Å². The lowest BCUT2D eigenvalue weighted by Gasteiger charge is -2.33. The van der Waals surface area contributed by atoms with Crippen LogP contribution in [0.25, 0.3) is 0 Å². The lowest BCUT2D eigenvalue weighted by Crippen LogP contribution is -2.51. The number of amides is 1. The van der Waals surface area contributed by atoms with Crippen LogP contribution in [0.4, 0.5) is 0 Å². The van der Waals surface area contributed by atoms with Crippen molar-refractivity contribution in [1.29, 1.82) is 0 Å². The van der Waals surface area contributed by atoms with Crippen LogP contribution < -0.4 is 10.6 Å². The van der Waals surface area contributed by atoms with E-state index in [4.69, 9.17) is 0 Å². The maximum absolute atomic E-state index is 11.8. The van der Waals surface area contributed by atoms with E-state index in [1.54, 1.807) is 0 Å². The van der Waals surface area contributed by atoms with Gasteiger partial charge in [0.25, 0.3) is 0 Å². The van der Waals surface area contributed by atoms with Gasteiger partial charge >= 0.3 is 0 Å². The third-order valence-electron chi connectivity index (χ3n) is 3.34. The van der Waals surface area contributed by atoms with E-state index in [9.17, 15) is 4.79 Å². The van der Waals surface area contributed by atoms with E-state index in [1.165, 1.54) is 0 Å². The van der Waals surface area contributed by atoms with E-state index in [-0.39, 0.29) is 18.0 Å². The summed E-state index contributed by atoms with van der Waals surface area (Å²) in [5.41, 5.74) is 0. The van der Waals surface area contributed by atoms with Gasteiger partial charge in [-0.05, 0) is 53.2 Å². The number of likely N-dealkylation sites (tertiary alicyclic amines) is 1. The molecule has 0 radical (unpaired) electrons. The van der Waals surface area contributed by atoms with E-state index in [0.717, 1.165) is 32.5 Å². The Balaban J connectivity index is 2.27. The molecular formula is C13H27N3O. The molecule has 17 heavy (non-hydrogen) atoms. The Morgan fingerprint density at radius 1 is 1.29 bits per heavy atom. The highest BCUT2D eigenvalue weighted by Crippen LogP contribution is 2.10. The second-order valence-electron chi connectivity index (χ2n) is 5.26. The number of rotatable bonds is 5. The standard InChI is InChI=1S/C13H27N3O/c1-5-16-8-6-12(7-9-16)15-11(4)13(17)14-10(2)3/h10-12,15H,5-9H2,1-4H3,(H,14,17). The summed E-state index contributed by atoms with van der Waals surface area (Å²) in [6, 6.07) is 0.620. The lowest BCUT2D eigenvalue weighted by atomic mass is 10.0. The topological polar surface area (TPSA) is 44.4 Å². The van der Waals surface area contributed by atoms with Crippen molar-refractivity contribution in [1.82, 2.24) is 15.5 Å². The molecule has 1 saturated heterocycles. The van der Waals surface area contributed by atoms with E-state index >= 15 is 0 Å². The van der Waals surface area contributed by atoms with Gasteiger partial charge in [0.2, 0.25) is 5.91 Å². The number of carbonyl (C=O) groups excluding carboxylic acids is 1. The minimum Gasteiger partial charge on any atom is -0.353 e. The molecule has 1 unspecified atom stereocenters. The summed E-state index contributed by atoms with van der Waals surface area (Å²) >= 11 is 0. The van der Waals surface area contributed by atoms with Gasteiger partial charge in [0.15, 0.2) is 0 Å². The fourth-order valence-corrected chi connectivity index (χ4v) is 2.25. The fraction of sp³-hybridized carbons (Fsp3) is 0.923. The molecule has 4 heteroatoms. The van der Waals surface area contributed by atoms with Gasteiger partial charge in [-0.3, -0.25) is 4.79 Å². The molecule has 1 atom stereocenters. The van der Waals surface area contributed by atoms with Crippen LogP contribution in [0.15, 0.2) is 0 Å². The Hall–Kier alpha value is -0.610. The first-order valence-electron chi connectivity index (χ1n) is 6.81. The molecule has 0 aromatic rings. The highest BCUT2D eigenvalue weighted by atomic mass is 16.2.